The Balaban J connectivity index is 2.36. The van der Waals surface area contributed by atoms with Gasteiger partial charge in [0, 0.05) is 16.6 Å². The molecular formula is C14H19BrN2O3. The van der Waals surface area contributed by atoms with E-state index in [1.54, 1.807) is 18.2 Å². The number of aliphatic hydroxyl groups is 1. The smallest absolute Gasteiger partial charge is 0.251 e. The second kappa shape index (κ2) is 8.01. The molecule has 2 amide bonds. The number of amides is 2. The average molecular weight is 343 g/mol. The average Bonchev–Trinajstić information content (AvgIpc) is 2.41. The molecule has 0 aliphatic rings. The molecule has 0 aliphatic carbocycles. The normalized spacial score (nSPS) is 12.1. The summed E-state index contributed by atoms with van der Waals surface area (Å²) in [4.78, 5) is 23.3. The summed E-state index contributed by atoms with van der Waals surface area (Å²) in [7, 11) is 0. The van der Waals surface area contributed by atoms with Gasteiger partial charge in [-0.05, 0) is 24.1 Å². The summed E-state index contributed by atoms with van der Waals surface area (Å²) in [6.07, 6.45) is -0.584. The molecule has 6 heteroatoms. The molecule has 20 heavy (non-hydrogen) atoms. The van der Waals surface area contributed by atoms with Gasteiger partial charge in [-0.2, -0.15) is 0 Å². The van der Waals surface area contributed by atoms with Crippen LogP contribution in [0.5, 0.6) is 0 Å². The Hall–Kier alpha value is -1.40. The van der Waals surface area contributed by atoms with Gasteiger partial charge in [-0.1, -0.05) is 35.8 Å². The zero-order chi connectivity index (χ0) is 15.1. The molecule has 0 spiro atoms. The fourth-order valence-electron chi connectivity index (χ4n) is 1.41. The van der Waals surface area contributed by atoms with Gasteiger partial charge >= 0.3 is 0 Å². The predicted molar refractivity (Wildman–Crippen MR) is 80.3 cm³/mol. The van der Waals surface area contributed by atoms with Crippen molar-refractivity contribution >= 4 is 27.7 Å². The van der Waals surface area contributed by atoms with E-state index in [9.17, 15) is 14.7 Å². The van der Waals surface area contributed by atoms with Crippen LogP contribution in [0.4, 0.5) is 0 Å². The molecule has 0 bridgehead atoms. The summed E-state index contributed by atoms with van der Waals surface area (Å²) >= 11 is 3.28. The fourth-order valence-corrected chi connectivity index (χ4v) is 1.81. The van der Waals surface area contributed by atoms with E-state index in [2.05, 4.69) is 26.6 Å². The van der Waals surface area contributed by atoms with Crippen molar-refractivity contribution in [1.82, 2.24) is 10.6 Å². The van der Waals surface area contributed by atoms with E-state index in [1.807, 2.05) is 19.9 Å². The van der Waals surface area contributed by atoms with E-state index in [1.165, 1.54) is 0 Å². The van der Waals surface area contributed by atoms with Crippen molar-refractivity contribution in [2.45, 2.75) is 20.0 Å². The molecule has 110 valence electrons. The minimum absolute atomic E-state index is 0.0755. The Morgan fingerprint density at radius 3 is 2.60 bits per heavy atom. The fraction of sp³-hybridized carbons (Fsp3) is 0.429. The number of carbonyl (C=O) groups excluding carboxylic acids is 2. The zero-order valence-corrected chi connectivity index (χ0v) is 13.1. The monoisotopic (exact) mass is 342 g/mol. The molecule has 1 rings (SSSR count). The third kappa shape index (κ3) is 5.71. The summed E-state index contributed by atoms with van der Waals surface area (Å²) in [5.74, 6) is -0.564. The van der Waals surface area contributed by atoms with Gasteiger partial charge < -0.3 is 15.7 Å². The minimum Gasteiger partial charge on any atom is -0.391 e. The highest BCUT2D eigenvalue weighted by molar-refractivity contribution is 9.10. The van der Waals surface area contributed by atoms with Crippen LogP contribution in [0.25, 0.3) is 0 Å². The van der Waals surface area contributed by atoms with Gasteiger partial charge in [0.05, 0.1) is 12.6 Å². The second-order valence-electron chi connectivity index (χ2n) is 4.81. The number of hydrogen-bond donors (Lipinski definition) is 3. The predicted octanol–water partition coefficient (Wildman–Crippen LogP) is 1.31. The first-order valence-corrected chi connectivity index (χ1v) is 7.18. The van der Waals surface area contributed by atoms with Gasteiger partial charge in [0.25, 0.3) is 5.91 Å². The first-order valence-electron chi connectivity index (χ1n) is 6.38. The van der Waals surface area contributed by atoms with Crippen molar-refractivity contribution in [3.63, 3.8) is 0 Å². The van der Waals surface area contributed by atoms with Crippen molar-refractivity contribution in [2.75, 3.05) is 13.1 Å². The first kappa shape index (κ1) is 16.7. The number of benzene rings is 1. The van der Waals surface area contributed by atoms with E-state index in [0.717, 1.165) is 4.47 Å². The van der Waals surface area contributed by atoms with E-state index in [-0.39, 0.29) is 30.8 Å². The second-order valence-corrected chi connectivity index (χ2v) is 5.72. The molecule has 3 N–H and O–H groups in total. The van der Waals surface area contributed by atoms with Crippen LogP contribution in [0.15, 0.2) is 28.7 Å². The molecule has 0 saturated heterocycles. The van der Waals surface area contributed by atoms with Crippen molar-refractivity contribution in [3.8, 4) is 0 Å². The van der Waals surface area contributed by atoms with Crippen molar-refractivity contribution in [2.24, 2.45) is 5.92 Å². The van der Waals surface area contributed by atoms with Gasteiger partial charge in [0.2, 0.25) is 5.91 Å². The van der Waals surface area contributed by atoms with Crippen LogP contribution in [0.1, 0.15) is 24.2 Å². The lowest BCUT2D eigenvalue weighted by molar-refractivity contribution is -0.120. The third-order valence-corrected chi connectivity index (χ3v) is 3.27. The number of hydrogen-bond acceptors (Lipinski definition) is 3. The summed E-state index contributed by atoms with van der Waals surface area (Å²) in [6.45, 7) is 3.80. The summed E-state index contributed by atoms with van der Waals surface area (Å²) < 4.78 is 0.801. The Labute approximate surface area is 126 Å². The molecule has 5 nitrogen and oxygen atoms in total. The summed E-state index contributed by atoms with van der Waals surface area (Å²) in [6, 6.07) is 6.91. The van der Waals surface area contributed by atoms with E-state index >= 15 is 0 Å². The minimum atomic E-state index is -0.584. The molecule has 0 heterocycles. The number of carbonyl (C=O) groups is 2. The highest BCUT2D eigenvalue weighted by Gasteiger charge is 2.12. The quantitative estimate of drug-likeness (QED) is 0.729. The van der Waals surface area contributed by atoms with Crippen LogP contribution in [0.2, 0.25) is 0 Å². The Morgan fingerprint density at radius 2 is 2.00 bits per heavy atom. The lowest BCUT2D eigenvalue weighted by atomic mass is 10.1. The van der Waals surface area contributed by atoms with Crippen LogP contribution in [-0.4, -0.2) is 36.1 Å². The lowest BCUT2D eigenvalue weighted by Gasteiger charge is -2.15. The largest absolute Gasteiger partial charge is 0.391 e. The molecule has 0 saturated carbocycles. The molecule has 1 aromatic carbocycles. The number of halogens is 1. The molecule has 0 fully saturated rings. The summed E-state index contributed by atoms with van der Waals surface area (Å²) in [5.41, 5.74) is 0.481. The third-order valence-electron chi connectivity index (χ3n) is 2.77. The summed E-state index contributed by atoms with van der Waals surface area (Å²) in [5, 5.41) is 14.6. The van der Waals surface area contributed by atoms with Crippen LogP contribution < -0.4 is 10.6 Å². The Morgan fingerprint density at radius 1 is 1.30 bits per heavy atom. The topological polar surface area (TPSA) is 78.4 Å². The van der Waals surface area contributed by atoms with E-state index in [4.69, 9.17) is 0 Å². The van der Waals surface area contributed by atoms with Crippen molar-refractivity contribution in [3.05, 3.63) is 34.3 Å². The zero-order valence-electron chi connectivity index (χ0n) is 11.5. The van der Waals surface area contributed by atoms with Gasteiger partial charge in [-0.3, -0.25) is 9.59 Å². The first-order chi connectivity index (χ1) is 9.40. The van der Waals surface area contributed by atoms with Crippen LogP contribution in [-0.2, 0) is 4.79 Å². The number of aliphatic hydroxyl groups excluding tert-OH is 1. The van der Waals surface area contributed by atoms with Gasteiger partial charge in [0.15, 0.2) is 0 Å². The van der Waals surface area contributed by atoms with Gasteiger partial charge in [0.1, 0.15) is 0 Å². The molecule has 0 aliphatic heterocycles. The SMILES string of the molecule is CC(C)C(O)CNC(=O)CNC(=O)c1cccc(Br)c1. The van der Waals surface area contributed by atoms with Crippen molar-refractivity contribution < 1.29 is 14.7 Å². The molecule has 1 unspecified atom stereocenters. The molecule has 1 atom stereocenters. The highest BCUT2D eigenvalue weighted by Crippen LogP contribution is 2.11. The van der Waals surface area contributed by atoms with Crippen LogP contribution >= 0.6 is 15.9 Å². The molecule has 1 aromatic rings. The van der Waals surface area contributed by atoms with E-state index < -0.39 is 6.10 Å². The van der Waals surface area contributed by atoms with Crippen LogP contribution in [0, 0.1) is 5.92 Å². The molecular weight excluding hydrogens is 324 g/mol. The lowest BCUT2D eigenvalue weighted by Crippen LogP contribution is -2.41. The van der Waals surface area contributed by atoms with Crippen LogP contribution in [0.3, 0.4) is 0 Å². The maximum absolute atomic E-state index is 11.8. The standard InChI is InChI=1S/C14H19BrN2O3/c1-9(2)12(18)7-16-13(19)8-17-14(20)10-4-3-5-11(15)6-10/h3-6,9,12,18H,7-8H2,1-2H3,(H,16,19)(H,17,20). The number of nitrogens with one attached hydrogen (secondary N) is 2. The van der Waals surface area contributed by atoms with Gasteiger partial charge in [-0.15, -0.1) is 0 Å². The maximum atomic E-state index is 11.8. The Kier molecular flexibility index (Phi) is 6.67. The molecule has 0 radical (unpaired) electrons. The maximum Gasteiger partial charge on any atom is 0.251 e. The Bertz CT molecular complexity index is 477. The highest BCUT2D eigenvalue weighted by atomic mass is 79.9. The molecule has 0 aromatic heterocycles. The van der Waals surface area contributed by atoms with E-state index in [0.29, 0.717) is 5.56 Å². The van der Waals surface area contributed by atoms with Crippen molar-refractivity contribution in [1.29, 1.82) is 0 Å². The van der Waals surface area contributed by atoms with Gasteiger partial charge in [-0.25, -0.2) is 0 Å². The number of rotatable bonds is 6.